The van der Waals surface area contributed by atoms with Crippen molar-refractivity contribution in [3.05, 3.63) is 65.2 Å². The molecule has 5 heteroatoms. The van der Waals surface area contributed by atoms with Crippen molar-refractivity contribution in [2.45, 2.75) is 40.2 Å². The predicted octanol–water partition coefficient (Wildman–Crippen LogP) is 4.06. The molecule has 0 saturated carbocycles. The lowest BCUT2D eigenvalue weighted by atomic mass is 9.99. The SMILES string of the molecule is CN=C(NCc1ccc(NC(=O)C(C)C)cc1)NCC(C)c1cccc(C)c1. The first kappa shape index (κ1) is 21.5. The molecule has 2 aromatic rings. The minimum Gasteiger partial charge on any atom is -0.356 e. The summed E-state index contributed by atoms with van der Waals surface area (Å²) in [4.78, 5) is 16.1. The van der Waals surface area contributed by atoms with Crippen molar-refractivity contribution in [3.8, 4) is 0 Å². The predicted molar refractivity (Wildman–Crippen MR) is 118 cm³/mol. The van der Waals surface area contributed by atoms with Crippen LogP contribution in [0.2, 0.25) is 0 Å². The van der Waals surface area contributed by atoms with Gasteiger partial charge in [-0.1, -0.05) is 62.7 Å². The van der Waals surface area contributed by atoms with Crippen molar-refractivity contribution >= 4 is 17.6 Å². The topological polar surface area (TPSA) is 65.5 Å². The van der Waals surface area contributed by atoms with Crippen LogP contribution in [0.4, 0.5) is 5.69 Å². The fraction of sp³-hybridized carbons (Fsp3) is 0.391. The molecule has 0 aliphatic rings. The van der Waals surface area contributed by atoms with Crippen molar-refractivity contribution in [2.24, 2.45) is 10.9 Å². The van der Waals surface area contributed by atoms with Crippen LogP contribution in [-0.2, 0) is 11.3 Å². The first-order valence-corrected chi connectivity index (χ1v) is 9.80. The number of amides is 1. The third kappa shape index (κ3) is 6.72. The van der Waals surface area contributed by atoms with Crippen LogP contribution in [0.15, 0.2) is 53.5 Å². The number of aryl methyl sites for hydroxylation is 1. The molecule has 0 bridgehead atoms. The van der Waals surface area contributed by atoms with Gasteiger partial charge in [-0.3, -0.25) is 9.79 Å². The van der Waals surface area contributed by atoms with Crippen molar-refractivity contribution < 1.29 is 4.79 Å². The summed E-state index contributed by atoms with van der Waals surface area (Å²) in [6, 6.07) is 16.5. The van der Waals surface area contributed by atoms with Gasteiger partial charge >= 0.3 is 0 Å². The van der Waals surface area contributed by atoms with Gasteiger partial charge in [-0.05, 0) is 36.1 Å². The lowest BCUT2D eigenvalue weighted by Crippen LogP contribution is -2.38. The molecule has 0 radical (unpaired) electrons. The fourth-order valence-electron chi connectivity index (χ4n) is 2.74. The van der Waals surface area contributed by atoms with Crippen molar-refractivity contribution in [3.63, 3.8) is 0 Å². The summed E-state index contributed by atoms with van der Waals surface area (Å²) < 4.78 is 0. The van der Waals surface area contributed by atoms with Crippen molar-refractivity contribution in [1.29, 1.82) is 0 Å². The molecule has 3 N–H and O–H groups in total. The molecule has 150 valence electrons. The van der Waals surface area contributed by atoms with Crippen LogP contribution in [0, 0.1) is 12.8 Å². The normalized spacial score (nSPS) is 12.6. The Bertz CT molecular complexity index is 797. The number of hydrogen-bond acceptors (Lipinski definition) is 2. The molecular formula is C23H32N4O. The summed E-state index contributed by atoms with van der Waals surface area (Å²) in [5.41, 5.74) is 4.54. The van der Waals surface area contributed by atoms with Crippen molar-refractivity contribution in [2.75, 3.05) is 18.9 Å². The minimum absolute atomic E-state index is 0.0261. The van der Waals surface area contributed by atoms with Crippen LogP contribution < -0.4 is 16.0 Å². The highest BCUT2D eigenvalue weighted by atomic mass is 16.1. The highest BCUT2D eigenvalue weighted by Gasteiger charge is 2.08. The Kier molecular flexibility index (Phi) is 8.05. The number of nitrogens with zero attached hydrogens (tertiary/aromatic N) is 1. The number of rotatable bonds is 7. The summed E-state index contributed by atoms with van der Waals surface area (Å²) in [6.45, 7) is 9.56. The van der Waals surface area contributed by atoms with E-state index in [0.717, 1.165) is 23.8 Å². The Hall–Kier alpha value is -2.82. The van der Waals surface area contributed by atoms with Gasteiger partial charge in [0.05, 0.1) is 0 Å². The molecule has 28 heavy (non-hydrogen) atoms. The maximum absolute atomic E-state index is 11.8. The molecule has 1 atom stereocenters. The molecule has 0 saturated heterocycles. The van der Waals surface area contributed by atoms with Gasteiger partial charge in [-0.2, -0.15) is 0 Å². The molecule has 0 fully saturated rings. The zero-order valence-corrected chi connectivity index (χ0v) is 17.5. The second-order valence-electron chi connectivity index (χ2n) is 7.46. The summed E-state index contributed by atoms with van der Waals surface area (Å²) in [7, 11) is 1.78. The van der Waals surface area contributed by atoms with E-state index in [4.69, 9.17) is 0 Å². The van der Waals surface area contributed by atoms with Crippen LogP contribution in [-0.4, -0.2) is 25.5 Å². The van der Waals surface area contributed by atoms with Crippen molar-refractivity contribution in [1.82, 2.24) is 10.6 Å². The van der Waals surface area contributed by atoms with E-state index in [-0.39, 0.29) is 11.8 Å². The molecule has 1 unspecified atom stereocenters. The summed E-state index contributed by atoms with van der Waals surface area (Å²) >= 11 is 0. The van der Waals surface area contributed by atoms with E-state index in [1.807, 2.05) is 38.1 Å². The molecule has 1 amide bonds. The monoisotopic (exact) mass is 380 g/mol. The van der Waals surface area contributed by atoms with Gasteiger partial charge in [0.15, 0.2) is 5.96 Å². The van der Waals surface area contributed by atoms with Gasteiger partial charge < -0.3 is 16.0 Å². The van der Waals surface area contributed by atoms with E-state index < -0.39 is 0 Å². The third-order valence-corrected chi connectivity index (χ3v) is 4.62. The number of carbonyl (C=O) groups is 1. The number of nitrogens with one attached hydrogen (secondary N) is 3. The molecule has 0 aliphatic heterocycles. The first-order chi connectivity index (χ1) is 13.4. The number of carbonyl (C=O) groups excluding carboxylic acids is 1. The van der Waals surface area contributed by atoms with Gasteiger partial charge in [0, 0.05) is 31.7 Å². The summed E-state index contributed by atoms with van der Waals surface area (Å²) in [5, 5.41) is 9.62. The van der Waals surface area contributed by atoms with E-state index in [1.54, 1.807) is 7.05 Å². The Morgan fingerprint density at radius 3 is 2.36 bits per heavy atom. The molecule has 0 aliphatic carbocycles. The largest absolute Gasteiger partial charge is 0.356 e. The smallest absolute Gasteiger partial charge is 0.226 e. The van der Waals surface area contributed by atoms with E-state index >= 15 is 0 Å². The lowest BCUT2D eigenvalue weighted by molar-refractivity contribution is -0.118. The summed E-state index contributed by atoms with van der Waals surface area (Å²) in [6.07, 6.45) is 0. The fourth-order valence-corrected chi connectivity index (χ4v) is 2.74. The van der Waals surface area contributed by atoms with E-state index in [9.17, 15) is 4.79 Å². The molecule has 0 heterocycles. The van der Waals surface area contributed by atoms with Gasteiger partial charge in [0.25, 0.3) is 0 Å². The maximum atomic E-state index is 11.8. The van der Waals surface area contributed by atoms with E-state index in [1.165, 1.54) is 11.1 Å². The zero-order chi connectivity index (χ0) is 20.5. The third-order valence-electron chi connectivity index (χ3n) is 4.62. The van der Waals surface area contributed by atoms with Gasteiger partial charge in [-0.25, -0.2) is 0 Å². The molecule has 5 nitrogen and oxygen atoms in total. The van der Waals surface area contributed by atoms with Crippen LogP contribution in [0.25, 0.3) is 0 Å². The average Bonchev–Trinajstić information content (AvgIpc) is 2.69. The van der Waals surface area contributed by atoms with Gasteiger partial charge in [0.2, 0.25) is 5.91 Å². The molecule has 0 aromatic heterocycles. The standard InChI is InChI=1S/C23H32N4O/c1-16(2)22(28)27-21-11-9-19(10-12-21)15-26-23(24-5)25-14-18(4)20-8-6-7-17(3)13-20/h6-13,16,18H,14-15H2,1-5H3,(H,27,28)(H2,24,25,26). The van der Waals surface area contributed by atoms with Crippen LogP contribution >= 0.6 is 0 Å². The number of anilines is 1. The molecule has 2 aromatic carbocycles. The van der Waals surface area contributed by atoms with Crippen LogP contribution in [0.5, 0.6) is 0 Å². The van der Waals surface area contributed by atoms with E-state index in [2.05, 4.69) is 59.1 Å². The van der Waals surface area contributed by atoms with Crippen LogP contribution in [0.1, 0.15) is 43.4 Å². The second-order valence-corrected chi connectivity index (χ2v) is 7.46. The number of benzene rings is 2. The molecule has 2 rings (SSSR count). The number of hydrogen-bond donors (Lipinski definition) is 3. The second kappa shape index (κ2) is 10.5. The zero-order valence-electron chi connectivity index (χ0n) is 17.5. The Morgan fingerprint density at radius 1 is 1.04 bits per heavy atom. The maximum Gasteiger partial charge on any atom is 0.226 e. The Morgan fingerprint density at radius 2 is 1.75 bits per heavy atom. The van der Waals surface area contributed by atoms with Gasteiger partial charge in [0.1, 0.15) is 0 Å². The number of aliphatic imine (C=N–C) groups is 1. The number of guanidine groups is 1. The lowest BCUT2D eigenvalue weighted by Gasteiger charge is -2.17. The molecular weight excluding hydrogens is 348 g/mol. The summed E-state index contributed by atoms with van der Waals surface area (Å²) in [5.74, 6) is 1.16. The van der Waals surface area contributed by atoms with Crippen LogP contribution in [0.3, 0.4) is 0 Å². The average molecular weight is 381 g/mol. The highest BCUT2D eigenvalue weighted by Crippen LogP contribution is 2.15. The van der Waals surface area contributed by atoms with Gasteiger partial charge in [-0.15, -0.1) is 0 Å². The molecule has 0 spiro atoms. The first-order valence-electron chi connectivity index (χ1n) is 9.80. The Labute approximate surface area is 168 Å². The quantitative estimate of drug-likeness (QED) is 0.501. The minimum atomic E-state index is -0.0297. The highest BCUT2D eigenvalue weighted by molar-refractivity contribution is 5.92. The van der Waals surface area contributed by atoms with E-state index in [0.29, 0.717) is 12.5 Å². The Balaban J connectivity index is 1.82.